The summed E-state index contributed by atoms with van der Waals surface area (Å²) < 4.78 is 0. The number of thiophene rings is 1. The number of aromatic amines is 2. The van der Waals surface area contributed by atoms with Crippen molar-refractivity contribution in [3.05, 3.63) is 60.1 Å². The molecular formula is C23H16N8OS. The summed E-state index contributed by atoms with van der Waals surface area (Å²) in [5.41, 5.74) is 11.9. The maximum Gasteiger partial charge on any atom is 0.169 e. The number of hydrogen-bond donors (Lipinski definition) is 3. The summed E-state index contributed by atoms with van der Waals surface area (Å²) in [6.07, 6.45) is 8.54. The van der Waals surface area contributed by atoms with Gasteiger partial charge < -0.3 is 10.7 Å². The van der Waals surface area contributed by atoms with E-state index in [1.165, 1.54) is 11.3 Å². The second-order valence-electron chi connectivity index (χ2n) is 7.58. The average molecular weight is 453 g/mol. The van der Waals surface area contributed by atoms with Crippen molar-refractivity contribution in [3.63, 3.8) is 0 Å². The molecule has 4 N–H and O–H groups in total. The molecule has 0 bridgehead atoms. The van der Waals surface area contributed by atoms with Crippen molar-refractivity contribution in [1.82, 2.24) is 35.1 Å². The largest absolute Gasteiger partial charge is 0.397 e. The summed E-state index contributed by atoms with van der Waals surface area (Å²) in [5, 5.41) is 8.37. The van der Waals surface area contributed by atoms with Crippen LogP contribution in [0.5, 0.6) is 0 Å². The van der Waals surface area contributed by atoms with E-state index in [2.05, 4.69) is 30.1 Å². The van der Waals surface area contributed by atoms with Gasteiger partial charge in [0, 0.05) is 40.0 Å². The molecule has 0 fully saturated rings. The number of nitrogens with two attached hydrogens (primary N) is 1. The highest BCUT2D eigenvalue weighted by molar-refractivity contribution is 7.17. The van der Waals surface area contributed by atoms with E-state index in [-0.39, 0.29) is 5.78 Å². The van der Waals surface area contributed by atoms with Gasteiger partial charge in [-0.25, -0.2) is 4.98 Å². The lowest BCUT2D eigenvalue weighted by Crippen LogP contribution is -1.90. The van der Waals surface area contributed by atoms with Crippen molar-refractivity contribution in [3.8, 4) is 33.2 Å². The highest BCUT2D eigenvalue weighted by Gasteiger charge is 2.17. The number of H-pyrrole nitrogens is 2. The number of pyridine rings is 3. The van der Waals surface area contributed by atoms with Crippen LogP contribution in [0.2, 0.25) is 0 Å². The summed E-state index contributed by atoms with van der Waals surface area (Å²) in [7, 11) is 0. The number of ketones is 1. The van der Waals surface area contributed by atoms with Crippen LogP contribution in [0.4, 0.5) is 5.69 Å². The first-order valence-electron chi connectivity index (χ1n) is 10.1. The first kappa shape index (κ1) is 19.3. The summed E-state index contributed by atoms with van der Waals surface area (Å²) >= 11 is 1.43. The van der Waals surface area contributed by atoms with Gasteiger partial charge in [0.25, 0.3) is 0 Å². The molecule has 0 atom stereocenters. The molecule has 6 rings (SSSR count). The fraction of sp³-hybridized carbons (Fsp3) is 0.0435. The third kappa shape index (κ3) is 3.24. The number of carbonyl (C=O) groups is 1. The third-order valence-corrected chi connectivity index (χ3v) is 6.56. The van der Waals surface area contributed by atoms with E-state index >= 15 is 0 Å². The van der Waals surface area contributed by atoms with Gasteiger partial charge in [0.2, 0.25) is 0 Å². The van der Waals surface area contributed by atoms with Gasteiger partial charge in [0.05, 0.1) is 39.7 Å². The highest BCUT2D eigenvalue weighted by atomic mass is 32.1. The molecular weight excluding hydrogens is 436 g/mol. The first-order valence-corrected chi connectivity index (χ1v) is 10.9. The zero-order valence-corrected chi connectivity index (χ0v) is 18.1. The predicted molar refractivity (Wildman–Crippen MR) is 128 cm³/mol. The van der Waals surface area contributed by atoms with E-state index in [9.17, 15) is 4.79 Å². The molecule has 9 nitrogen and oxygen atoms in total. The number of carbonyl (C=O) groups excluding carboxylic acids is 1. The lowest BCUT2D eigenvalue weighted by atomic mass is 10.1. The SMILES string of the molecule is CC(=O)c1ccc(-c2cncc3[nH]c(-c4n[nH]c5cnc(-c6cncc(N)c6)cc45)nc23)s1. The summed E-state index contributed by atoms with van der Waals surface area (Å²) in [6.45, 7) is 1.56. The predicted octanol–water partition coefficient (Wildman–Crippen LogP) is 4.47. The molecule has 0 spiro atoms. The number of nitrogens with zero attached hydrogens (tertiary/aromatic N) is 5. The Hall–Kier alpha value is -4.44. The Balaban J connectivity index is 1.48. The number of Topliss-reactive ketones (excluding diaryl/α,β-unsaturated/α-hetero) is 1. The Labute approximate surface area is 190 Å². The highest BCUT2D eigenvalue weighted by Crippen LogP contribution is 2.35. The van der Waals surface area contributed by atoms with Crippen LogP contribution in [0.15, 0.2) is 55.2 Å². The van der Waals surface area contributed by atoms with Crippen molar-refractivity contribution in [2.45, 2.75) is 6.92 Å². The van der Waals surface area contributed by atoms with Crippen LogP contribution in [-0.4, -0.2) is 40.9 Å². The smallest absolute Gasteiger partial charge is 0.169 e. The van der Waals surface area contributed by atoms with Crippen LogP contribution in [0.3, 0.4) is 0 Å². The number of hydrogen-bond acceptors (Lipinski definition) is 8. The minimum absolute atomic E-state index is 0.0388. The molecule has 0 radical (unpaired) electrons. The van der Waals surface area contributed by atoms with Gasteiger partial charge in [-0.2, -0.15) is 5.10 Å². The van der Waals surface area contributed by atoms with Gasteiger partial charge in [0.1, 0.15) is 11.2 Å². The first-order chi connectivity index (χ1) is 16.1. The van der Waals surface area contributed by atoms with Crippen LogP contribution in [0, 0.1) is 0 Å². The topological polar surface area (TPSA) is 139 Å². The van der Waals surface area contributed by atoms with E-state index < -0.39 is 0 Å². The van der Waals surface area contributed by atoms with Crippen LogP contribution in [0.25, 0.3) is 55.2 Å². The quantitative estimate of drug-likeness (QED) is 0.335. The Bertz CT molecular complexity index is 1680. The Kier molecular flexibility index (Phi) is 4.27. The van der Waals surface area contributed by atoms with Gasteiger partial charge in [-0.3, -0.25) is 24.8 Å². The minimum atomic E-state index is 0.0388. The summed E-state index contributed by atoms with van der Waals surface area (Å²) in [4.78, 5) is 34.6. The molecule has 0 aromatic carbocycles. The van der Waals surface area contributed by atoms with E-state index in [4.69, 9.17) is 10.7 Å². The number of aromatic nitrogens is 7. The monoisotopic (exact) mass is 452 g/mol. The van der Waals surface area contributed by atoms with Crippen LogP contribution in [0.1, 0.15) is 16.6 Å². The van der Waals surface area contributed by atoms with Gasteiger partial charge in [-0.05, 0) is 31.2 Å². The molecule has 6 aromatic heterocycles. The molecule has 0 aliphatic heterocycles. The lowest BCUT2D eigenvalue weighted by Gasteiger charge is -2.02. The van der Waals surface area contributed by atoms with Crippen molar-refractivity contribution in [2.75, 3.05) is 5.73 Å². The second-order valence-corrected chi connectivity index (χ2v) is 8.67. The zero-order chi connectivity index (χ0) is 22.5. The van der Waals surface area contributed by atoms with Gasteiger partial charge in [0.15, 0.2) is 11.6 Å². The molecule has 33 heavy (non-hydrogen) atoms. The number of nitrogen functional groups attached to an aromatic ring is 1. The van der Waals surface area contributed by atoms with E-state index in [1.54, 1.807) is 37.9 Å². The fourth-order valence-electron chi connectivity index (χ4n) is 3.75. The van der Waals surface area contributed by atoms with Crippen LogP contribution < -0.4 is 5.73 Å². The van der Waals surface area contributed by atoms with Gasteiger partial charge in [-0.15, -0.1) is 11.3 Å². The number of nitrogens with one attached hydrogen (secondary N) is 2. The number of fused-ring (bicyclic) bond motifs is 2. The zero-order valence-electron chi connectivity index (χ0n) is 17.3. The molecule has 6 heterocycles. The molecule has 0 aliphatic rings. The number of rotatable bonds is 4. The summed E-state index contributed by atoms with van der Waals surface area (Å²) in [5.74, 6) is 0.647. The molecule has 0 saturated heterocycles. The van der Waals surface area contributed by atoms with Crippen LogP contribution >= 0.6 is 11.3 Å². The molecule has 0 unspecified atom stereocenters. The van der Waals surface area contributed by atoms with Gasteiger partial charge >= 0.3 is 0 Å². The van der Waals surface area contributed by atoms with Crippen molar-refractivity contribution >= 4 is 44.7 Å². The van der Waals surface area contributed by atoms with Gasteiger partial charge in [-0.1, -0.05) is 0 Å². The Morgan fingerprint density at radius 1 is 1.03 bits per heavy atom. The Morgan fingerprint density at radius 3 is 2.73 bits per heavy atom. The molecule has 160 valence electrons. The summed E-state index contributed by atoms with van der Waals surface area (Å²) in [6, 6.07) is 7.52. The van der Waals surface area contributed by atoms with Crippen molar-refractivity contribution in [2.24, 2.45) is 0 Å². The van der Waals surface area contributed by atoms with E-state index in [0.29, 0.717) is 22.1 Å². The molecule has 0 aliphatic carbocycles. The third-order valence-electron chi connectivity index (χ3n) is 5.34. The fourth-order valence-corrected chi connectivity index (χ4v) is 4.66. The van der Waals surface area contributed by atoms with Crippen molar-refractivity contribution < 1.29 is 4.79 Å². The minimum Gasteiger partial charge on any atom is -0.397 e. The lowest BCUT2D eigenvalue weighted by molar-refractivity contribution is 0.102. The van der Waals surface area contributed by atoms with E-state index in [1.807, 2.05) is 24.3 Å². The standard InChI is InChI=1S/C23H16N8OS/c1-11(32)19-2-3-20(33-19)15-8-26-9-18-21(15)29-23(28-18)22-14-5-16(27-10-17(14)30-31-22)12-4-13(24)7-25-6-12/h2-10H,24H2,1H3,(H,28,29)(H,30,31). The average Bonchev–Trinajstić information content (AvgIpc) is 3.55. The second kappa shape index (κ2) is 7.31. The molecule has 6 aromatic rings. The maximum absolute atomic E-state index is 11.7. The maximum atomic E-state index is 11.7. The molecule has 10 heteroatoms. The van der Waals surface area contributed by atoms with E-state index in [0.717, 1.165) is 43.6 Å². The normalized spacial score (nSPS) is 11.4. The van der Waals surface area contributed by atoms with Crippen LogP contribution in [-0.2, 0) is 0 Å². The molecule has 0 saturated carbocycles. The number of anilines is 1. The number of imidazole rings is 1. The Morgan fingerprint density at radius 2 is 1.91 bits per heavy atom. The molecule has 0 amide bonds. The van der Waals surface area contributed by atoms with Crippen molar-refractivity contribution in [1.29, 1.82) is 0 Å².